The maximum absolute atomic E-state index is 12.1. The van der Waals surface area contributed by atoms with Gasteiger partial charge in [-0.3, -0.25) is 14.9 Å². The summed E-state index contributed by atoms with van der Waals surface area (Å²) < 4.78 is 0. The van der Waals surface area contributed by atoms with E-state index in [9.17, 15) is 20.0 Å². The summed E-state index contributed by atoms with van der Waals surface area (Å²) in [5.41, 5.74) is 1.35. The van der Waals surface area contributed by atoms with Crippen LogP contribution in [0.3, 0.4) is 0 Å². The van der Waals surface area contributed by atoms with Crippen LogP contribution in [-0.2, 0) is 11.2 Å². The van der Waals surface area contributed by atoms with Crippen molar-refractivity contribution in [3.05, 3.63) is 75.8 Å². The fourth-order valence-electron chi connectivity index (χ4n) is 2.50. The maximum Gasteiger partial charge on any atom is 0.269 e. The molecule has 0 radical (unpaired) electrons. The Morgan fingerprint density at radius 2 is 1.92 bits per heavy atom. The van der Waals surface area contributed by atoms with Gasteiger partial charge in [0.15, 0.2) is 0 Å². The van der Waals surface area contributed by atoms with Gasteiger partial charge in [-0.15, -0.1) is 0 Å². The summed E-state index contributed by atoms with van der Waals surface area (Å²) >= 11 is 0. The molecule has 0 unspecified atom stereocenters. The largest absolute Gasteiger partial charge is 0.388 e. The Kier molecular flexibility index (Phi) is 6.03. The topological polar surface area (TPSA) is 92.5 Å². The van der Waals surface area contributed by atoms with Crippen LogP contribution in [0.2, 0.25) is 0 Å². The van der Waals surface area contributed by atoms with E-state index in [1.54, 1.807) is 12.1 Å². The van der Waals surface area contributed by atoms with E-state index >= 15 is 0 Å². The van der Waals surface area contributed by atoms with Gasteiger partial charge in [0.2, 0.25) is 5.91 Å². The third-order valence-electron chi connectivity index (χ3n) is 3.65. The molecule has 0 fully saturated rings. The van der Waals surface area contributed by atoms with Crippen LogP contribution in [0.1, 0.15) is 30.6 Å². The van der Waals surface area contributed by atoms with E-state index in [4.69, 9.17) is 0 Å². The molecule has 0 aliphatic heterocycles. The number of carbonyl (C=O) groups excluding carboxylic acids is 1. The third-order valence-corrected chi connectivity index (χ3v) is 3.65. The lowest BCUT2D eigenvalue weighted by atomic mass is 10.0. The molecule has 2 aromatic carbocycles. The van der Waals surface area contributed by atoms with Gasteiger partial charge >= 0.3 is 0 Å². The normalized spacial score (nSPS) is 13.1. The zero-order valence-electron chi connectivity index (χ0n) is 13.4. The highest BCUT2D eigenvalue weighted by atomic mass is 16.6. The molecule has 0 saturated carbocycles. The van der Waals surface area contributed by atoms with Crippen LogP contribution in [0.25, 0.3) is 0 Å². The highest BCUT2D eigenvalue weighted by Gasteiger charge is 2.15. The van der Waals surface area contributed by atoms with Crippen molar-refractivity contribution in [1.82, 2.24) is 5.32 Å². The van der Waals surface area contributed by atoms with E-state index in [1.807, 2.05) is 37.3 Å². The highest BCUT2D eigenvalue weighted by molar-refractivity contribution is 5.79. The number of nitro benzene ring substituents is 1. The second-order valence-corrected chi connectivity index (χ2v) is 5.73. The number of amides is 1. The van der Waals surface area contributed by atoms with Crippen molar-refractivity contribution in [1.29, 1.82) is 0 Å². The molecule has 0 aliphatic rings. The smallest absolute Gasteiger partial charge is 0.269 e. The van der Waals surface area contributed by atoms with Crippen molar-refractivity contribution in [2.45, 2.75) is 31.9 Å². The molecule has 0 aliphatic carbocycles. The number of hydrogen-bond donors (Lipinski definition) is 2. The average Bonchev–Trinajstić information content (AvgIpc) is 2.55. The first-order valence-corrected chi connectivity index (χ1v) is 7.71. The molecule has 2 aromatic rings. The molecule has 0 bridgehead atoms. The molecular formula is C18H20N2O4. The molecule has 2 rings (SSSR count). The number of rotatable bonds is 7. The Labute approximate surface area is 140 Å². The summed E-state index contributed by atoms with van der Waals surface area (Å²) in [7, 11) is 0. The number of nitro groups is 1. The van der Waals surface area contributed by atoms with E-state index in [0.717, 1.165) is 5.56 Å². The van der Waals surface area contributed by atoms with Crippen molar-refractivity contribution in [3.63, 3.8) is 0 Å². The lowest BCUT2D eigenvalue weighted by Gasteiger charge is -2.18. The van der Waals surface area contributed by atoms with Crippen LogP contribution in [0, 0.1) is 10.1 Å². The lowest BCUT2D eigenvalue weighted by molar-refractivity contribution is -0.384. The Morgan fingerprint density at radius 1 is 1.21 bits per heavy atom. The van der Waals surface area contributed by atoms with E-state index in [1.165, 1.54) is 12.1 Å². The molecule has 2 atom stereocenters. The molecule has 0 aromatic heterocycles. The van der Waals surface area contributed by atoms with E-state index in [0.29, 0.717) is 12.0 Å². The first-order valence-electron chi connectivity index (χ1n) is 7.71. The fraction of sp³-hybridized carbons (Fsp3) is 0.278. The Balaban J connectivity index is 1.87. The van der Waals surface area contributed by atoms with Crippen LogP contribution < -0.4 is 5.32 Å². The summed E-state index contributed by atoms with van der Waals surface area (Å²) in [4.78, 5) is 22.3. The first kappa shape index (κ1) is 17.6. The highest BCUT2D eigenvalue weighted by Crippen LogP contribution is 2.18. The average molecular weight is 328 g/mol. The zero-order valence-corrected chi connectivity index (χ0v) is 13.4. The van der Waals surface area contributed by atoms with Crippen molar-refractivity contribution < 1.29 is 14.8 Å². The summed E-state index contributed by atoms with van der Waals surface area (Å²) in [6.45, 7) is 1.82. The van der Waals surface area contributed by atoms with Gasteiger partial charge in [0.1, 0.15) is 0 Å². The molecule has 0 spiro atoms. The van der Waals surface area contributed by atoms with E-state index in [2.05, 4.69) is 5.32 Å². The Hall–Kier alpha value is -2.73. The quantitative estimate of drug-likeness (QED) is 0.604. The van der Waals surface area contributed by atoms with Gasteiger partial charge in [-0.2, -0.15) is 0 Å². The summed E-state index contributed by atoms with van der Waals surface area (Å²) in [6, 6.07) is 15.0. The van der Waals surface area contributed by atoms with Crippen LogP contribution in [0.15, 0.2) is 54.6 Å². The van der Waals surface area contributed by atoms with Crippen LogP contribution in [0.5, 0.6) is 0 Å². The molecular weight excluding hydrogens is 308 g/mol. The summed E-state index contributed by atoms with van der Waals surface area (Å²) in [6.07, 6.45) is -0.197. The molecule has 2 N–H and O–H groups in total. The van der Waals surface area contributed by atoms with Crippen molar-refractivity contribution in [2.75, 3.05) is 0 Å². The van der Waals surface area contributed by atoms with Gasteiger partial charge in [-0.1, -0.05) is 42.5 Å². The standard InChI is InChI=1S/C18H20N2O4/c1-13(10-17(21)15-7-3-2-4-8-15)19-18(22)12-14-6-5-9-16(11-14)20(23)24/h2-9,11,13,17,21H,10,12H2,1H3,(H,19,22)/t13-,17+/m0/s1. The number of carbonyl (C=O) groups is 1. The van der Waals surface area contributed by atoms with Gasteiger partial charge in [0.05, 0.1) is 17.4 Å². The van der Waals surface area contributed by atoms with Crippen LogP contribution >= 0.6 is 0 Å². The zero-order chi connectivity index (χ0) is 17.5. The minimum absolute atomic E-state index is 0.0344. The number of benzene rings is 2. The molecule has 6 heteroatoms. The lowest BCUT2D eigenvalue weighted by Crippen LogP contribution is -2.34. The second-order valence-electron chi connectivity index (χ2n) is 5.73. The first-order chi connectivity index (χ1) is 11.5. The molecule has 6 nitrogen and oxygen atoms in total. The van der Waals surface area contributed by atoms with Crippen molar-refractivity contribution in [3.8, 4) is 0 Å². The predicted molar refractivity (Wildman–Crippen MR) is 90.4 cm³/mol. The summed E-state index contributed by atoms with van der Waals surface area (Å²) in [5.74, 6) is -0.233. The number of aliphatic hydroxyl groups is 1. The molecule has 1 amide bonds. The van der Waals surface area contributed by atoms with Crippen LogP contribution in [-0.4, -0.2) is 22.0 Å². The molecule has 0 saturated heterocycles. The van der Waals surface area contributed by atoms with Gasteiger partial charge in [0, 0.05) is 18.2 Å². The van der Waals surface area contributed by atoms with Crippen molar-refractivity contribution in [2.24, 2.45) is 0 Å². The Morgan fingerprint density at radius 3 is 2.58 bits per heavy atom. The minimum Gasteiger partial charge on any atom is -0.388 e. The predicted octanol–water partition coefficient (Wildman–Crippen LogP) is 2.77. The summed E-state index contributed by atoms with van der Waals surface area (Å²) in [5, 5.41) is 23.7. The minimum atomic E-state index is -0.653. The van der Waals surface area contributed by atoms with Gasteiger partial charge in [0.25, 0.3) is 5.69 Å². The SMILES string of the molecule is C[C@@H](C[C@@H](O)c1ccccc1)NC(=O)Cc1cccc([N+](=O)[O-])c1. The second kappa shape index (κ2) is 8.21. The van der Waals surface area contributed by atoms with E-state index < -0.39 is 11.0 Å². The molecule has 24 heavy (non-hydrogen) atoms. The molecule has 0 heterocycles. The number of non-ortho nitro benzene ring substituents is 1. The number of nitrogens with zero attached hydrogens (tertiary/aromatic N) is 1. The number of hydrogen-bond acceptors (Lipinski definition) is 4. The third kappa shape index (κ3) is 5.17. The maximum atomic E-state index is 12.1. The monoisotopic (exact) mass is 328 g/mol. The van der Waals surface area contributed by atoms with Crippen LogP contribution in [0.4, 0.5) is 5.69 Å². The van der Waals surface area contributed by atoms with Crippen molar-refractivity contribution >= 4 is 11.6 Å². The number of aliphatic hydroxyl groups excluding tert-OH is 1. The van der Waals surface area contributed by atoms with E-state index in [-0.39, 0.29) is 24.1 Å². The number of nitrogens with one attached hydrogen (secondary N) is 1. The fourth-order valence-corrected chi connectivity index (χ4v) is 2.50. The Bertz CT molecular complexity index is 703. The molecule has 126 valence electrons. The van der Waals surface area contributed by atoms with Gasteiger partial charge in [-0.25, -0.2) is 0 Å². The van der Waals surface area contributed by atoms with Gasteiger partial charge in [-0.05, 0) is 24.5 Å². The van der Waals surface area contributed by atoms with Gasteiger partial charge < -0.3 is 10.4 Å².